The second-order valence-corrected chi connectivity index (χ2v) is 7.63. The van der Waals surface area contributed by atoms with Gasteiger partial charge in [0.15, 0.2) is 11.5 Å². The van der Waals surface area contributed by atoms with Crippen LogP contribution in [0.15, 0.2) is 12.1 Å². The summed E-state index contributed by atoms with van der Waals surface area (Å²) in [5, 5.41) is 16.5. The van der Waals surface area contributed by atoms with Crippen molar-refractivity contribution in [3.63, 3.8) is 0 Å². The molecule has 2 atom stereocenters. The van der Waals surface area contributed by atoms with Crippen LogP contribution in [0.4, 0.5) is 5.69 Å². The van der Waals surface area contributed by atoms with E-state index in [2.05, 4.69) is 22.5 Å². The van der Waals surface area contributed by atoms with Crippen molar-refractivity contribution in [3.05, 3.63) is 17.7 Å². The number of likely N-dealkylation sites (tertiary alicyclic amines) is 1. The van der Waals surface area contributed by atoms with E-state index in [1.165, 1.54) is 0 Å². The van der Waals surface area contributed by atoms with Crippen molar-refractivity contribution >= 4 is 11.6 Å². The summed E-state index contributed by atoms with van der Waals surface area (Å²) in [5.41, 5.74) is 1.28. The lowest BCUT2D eigenvalue weighted by Crippen LogP contribution is -2.47. The molecule has 0 unspecified atom stereocenters. The highest BCUT2D eigenvalue weighted by molar-refractivity contribution is 5.99. The van der Waals surface area contributed by atoms with Crippen molar-refractivity contribution < 1.29 is 19.4 Å². The van der Waals surface area contributed by atoms with Crippen molar-refractivity contribution in [3.8, 4) is 11.5 Å². The van der Waals surface area contributed by atoms with Gasteiger partial charge in [-0.25, -0.2) is 0 Å². The van der Waals surface area contributed by atoms with E-state index in [-0.39, 0.29) is 11.8 Å². The van der Waals surface area contributed by atoms with Gasteiger partial charge in [0.25, 0.3) is 5.91 Å². The first-order valence-corrected chi connectivity index (χ1v) is 10.4. The van der Waals surface area contributed by atoms with Crippen LogP contribution in [-0.2, 0) is 0 Å². The zero-order valence-corrected chi connectivity index (χ0v) is 17.0. The SMILES string of the molecule is CCCCN1CC[C@@H](CNC(=O)c2cc(NC)cc3c2OCCCO3)[C@H](O)C1. The summed E-state index contributed by atoms with van der Waals surface area (Å²) >= 11 is 0. The lowest BCUT2D eigenvalue weighted by Gasteiger charge is -2.36. The predicted octanol–water partition coefficient (Wildman–Crippen LogP) is 2.10. The minimum atomic E-state index is -0.411. The van der Waals surface area contributed by atoms with Crippen molar-refractivity contribution in [1.29, 1.82) is 0 Å². The number of carbonyl (C=O) groups is 1. The molecular weight excluding hydrogens is 358 g/mol. The lowest BCUT2D eigenvalue weighted by atomic mass is 9.93. The molecule has 7 nitrogen and oxygen atoms in total. The van der Waals surface area contributed by atoms with Crippen LogP contribution in [0.2, 0.25) is 0 Å². The van der Waals surface area contributed by atoms with Crippen LogP contribution >= 0.6 is 0 Å². The van der Waals surface area contributed by atoms with Crippen molar-refractivity contribution in [2.75, 3.05) is 51.8 Å². The molecule has 1 aromatic carbocycles. The molecule has 0 spiro atoms. The molecule has 156 valence electrons. The van der Waals surface area contributed by atoms with E-state index in [1.54, 1.807) is 6.07 Å². The number of unbranched alkanes of at least 4 members (excludes halogenated alkanes) is 1. The number of ether oxygens (including phenoxy) is 2. The van der Waals surface area contributed by atoms with Gasteiger partial charge < -0.3 is 30.1 Å². The Morgan fingerprint density at radius 1 is 1.32 bits per heavy atom. The fourth-order valence-corrected chi connectivity index (χ4v) is 3.77. The average molecular weight is 392 g/mol. The van der Waals surface area contributed by atoms with Crippen molar-refractivity contribution in [2.24, 2.45) is 5.92 Å². The summed E-state index contributed by atoms with van der Waals surface area (Å²) < 4.78 is 11.5. The highest BCUT2D eigenvalue weighted by Gasteiger charge is 2.28. The standard InChI is InChI=1S/C21H33N3O4/c1-3-4-7-24-8-6-15(18(25)14-24)13-23-21(26)17-11-16(22-2)12-19-20(17)28-10-5-9-27-19/h11-12,15,18,22,25H,3-10,13-14H2,1-2H3,(H,23,26)/t15-,18+/m0/s1. The van der Waals surface area contributed by atoms with Crippen LogP contribution in [0.1, 0.15) is 43.0 Å². The minimum absolute atomic E-state index is 0.0741. The molecule has 2 aliphatic heterocycles. The number of amides is 1. The molecule has 1 fully saturated rings. The third-order valence-electron chi connectivity index (χ3n) is 5.54. The number of β-amino-alcohol motifs (C(OH)–C–C–N with tert-alkyl or cyclic N) is 1. The zero-order chi connectivity index (χ0) is 19.9. The number of fused-ring (bicyclic) bond motifs is 1. The van der Waals surface area contributed by atoms with E-state index in [4.69, 9.17) is 9.47 Å². The Hall–Kier alpha value is -1.99. The van der Waals surface area contributed by atoms with Crippen LogP contribution in [0.3, 0.4) is 0 Å². The van der Waals surface area contributed by atoms with Gasteiger partial charge in [0.05, 0.1) is 24.9 Å². The lowest BCUT2D eigenvalue weighted by molar-refractivity contribution is 0.0217. The summed E-state index contributed by atoms with van der Waals surface area (Å²) in [5.74, 6) is 0.979. The topological polar surface area (TPSA) is 83.1 Å². The Bertz CT molecular complexity index is 667. The van der Waals surface area contributed by atoms with Gasteiger partial charge in [-0.1, -0.05) is 13.3 Å². The molecule has 3 rings (SSSR count). The number of benzene rings is 1. The summed E-state index contributed by atoms with van der Waals surface area (Å²) in [6.45, 7) is 6.43. The molecule has 0 aliphatic carbocycles. The van der Waals surface area contributed by atoms with E-state index in [0.29, 0.717) is 43.4 Å². The first kappa shape index (κ1) is 20.7. The van der Waals surface area contributed by atoms with E-state index < -0.39 is 6.10 Å². The van der Waals surface area contributed by atoms with Gasteiger partial charge in [-0.05, 0) is 32.0 Å². The van der Waals surface area contributed by atoms with Gasteiger partial charge in [0.2, 0.25) is 0 Å². The number of anilines is 1. The zero-order valence-electron chi connectivity index (χ0n) is 17.0. The summed E-state index contributed by atoms with van der Waals surface area (Å²) in [7, 11) is 1.81. The van der Waals surface area contributed by atoms with Crippen LogP contribution in [0.5, 0.6) is 11.5 Å². The number of hydrogen-bond acceptors (Lipinski definition) is 6. The Balaban J connectivity index is 1.62. The van der Waals surface area contributed by atoms with Crippen LogP contribution in [-0.4, -0.2) is 68.5 Å². The summed E-state index contributed by atoms with van der Waals surface area (Å²) in [6, 6.07) is 3.64. The molecule has 7 heteroatoms. The van der Waals surface area contributed by atoms with Gasteiger partial charge in [-0.15, -0.1) is 0 Å². The monoisotopic (exact) mass is 391 g/mol. The predicted molar refractivity (Wildman–Crippen MR) is 109 cm³/mol. The Morgan fingerprint density at radius 2 is 2.14 bits per heavy atom. The quantitative estimate of drug-likeness (QED) is 0.660. The second-order valence-electron chi connectivity index (χ2n) is 7.63. The summed E-state index contributed by atoms with van der Waals surface area (Å²) in [4.78, 5) is 15.2. The molecule has 0 aromatic heterocycles. The van der Waals surface area contributed by atoms with Gasteiger partial charge in [0.1, 0.15) is 0 Å². The van der Waals surface area contributed by atoms with Crippen molar-refractivity contribution in [2.45, 2.75) is 38.7 Å². The molecule has 2 heterocycles. The average Bonchev–Trinajstić information content (AvgIpc) is 2.95. The molecule has 1 saturated heterocycles. The fourth-order valence-electron chi connectivity index (χ4n) is 3.77. The number of carbonyl (C=O) groups excluding carboxylic acids is 1. The molecule has 0 saturated carbocycles. The largest absolute Gasteiger partial charge is 0.489 e. The maximum absolute atomic E-state index is 12.9. The first-order valence-electron chi connectivity index (χ1n) is 10.4. The number of aliphatic hydroxyl groups is 1. The van der Waals surface area contributed by atoms with E-state index in [1.807, 2.05) is 13.1 Å². The van der Waals surface area contributed by atoms with E-state index in [0.717, 1.165) is 44.5 Å². The second kappa shape index (κ2) is 9.98. The number of aliphatic hydroxyl groups excluding tert-OH is 1. The molecule has 2 aliphatic rings. The number of piperidine rings is 1. The maximum Gasteiger partial charge on any atom is 0.255 e. The molecular formula is C21H33N3O4. The maximum atomic E-state index is 12.9. The number of rotatable bonds is 7. The van der Waals surface area contributed by atoms with Gasteiger partial charge >= 0.3 is 0 Å². The molecule has 1 aromatic rings. The van der Waals surface area contributed by atoms with Crippen molar-refractivity contribution in [1.82, 2.24) is 10.2 Å². The molecule has 0 bridgehead atoms. The van der Waals surface area contributed by atoms with E-state index >= 15 is 0 Å². The van der Waals surface area contributed by atoms with Gasteiger partial charge in [-0.2, -0.15) is 0 Å². The van der Waals surface area contributed by atoms with Crippen LogP contribution in [0.25, 0.3) is 0 Å². The smallest absolute Gasteiger partial charge is 0.255 e. The fraction of sp³-hybridized carbons (Fsp3) is 0.667. The van der Waals surface area contributed by atoms with Crippen LogP contribution in [0, 0.1) is 5.92 Å². The Labute approximate surface area is 167 Å². The third kappa shape index (κ3) is 5.08. The van der Waals surface area contributed by atoms with E-state index in [9.17, 15) is 9.90 Å². The number of nitrogens with one attached hydrogen (secondary N) is 2. The molecule has 3 N–H and O–H groups in total. The first-order chi connectivity index (χ1) is 13.6. The Kier molecular flexibility index (Phi) is 7.39. The molecule has 1 amide bonds. The van der Waals surface area contributed by atoms with Gasteiger partial charge in [-0.3, -0.25) is 4.79 Å². The van der Waals surface area contributed by atoms with Crippen LogP contribution < -0.4 is 20.1 Å². The molecule has 0 radical (unpaired) electrons. The highest BCUT2D eigenvalue weighted by atomic mass is 16.5. The summed E-state index contributed by atoms with van der Waals surface area (Å²) in [6.07, 6.45) is 3.58. The van der Waals surface area contributed by atoms with Gasteiger partial charge in [0, 0.05) is 44.2 Å². The molecule has 28 heavy (non-hydrogen) atoms. The number of hydrogen-bond donors (Lipinski definition) is 3. The Morgan fingerprint density at radius 3 is 2.89 bits per heavy atom. The minimum Gasteiger partial charge on any atom is -0.489 e. The normalized spacial score (nSPS) is 22.4. The number of nitrogens with zero attached hydrogens (tertiary/aromatic N) is 1. The highest BCUT2D eigenvalue weighted by Crippen LogP contribution is 2.36. The third-order valence-corrected chi connectivity index (χ3v) is 5.54.